The van der Waals surface area contributed by atoms with Crippen LogP contribution in [0.4, 0.5) is 15.3 Å². The lowest BCUT2D eigenvalue weighted by atomic mass is 9.85. The molecule has 10 atom stereocenters. The van der Waals surface area contributed by atoms with E-state index in [-0.39, 0.29) is 122 Å². The third-order valence-electron chi connectivity index (χ3n) is 19.7. The Kier molecular flexibility index (Phi) is 26.5. The number of phenols is 1. The van der Waals surface area contributed by atoms with Gasteiger partial charge in [-0.1, -0.05) is 56.4 Å². The summed E-state index contributed by atoms with van der Waals surface area (Å²) in [6.45, 7) is 10.3. The van der Waals surface area contributed by atoms with Crippen molar-refractivity contribution in [2.45, 2.75) is 159 Å². The standard InChI is InChI=1S/C73H92IN13O22/c1-11-42-44-31-41(88)16-18-48(44)79-57-45(42)33-87-50(57)32-47-46(67(87)97)36-105-70(100)73(47,12-2)109-72(102)83(8)25-24-82(7)71(101)106-35-40-15-17-49(52(30-40)107-69-60(93)58(91)59(92)61(108-69)68(98)99)80-65(95)39(6)78-66(96)56(37(3)4)81-54(90)20-26-103-28-29-104-27-22-76-64(94)38(5)77-53(89)19-23-86-51-34-84(9)85(10)62(74)55(51)43-14-13-21-75-63(43)86/h13-18,21,30-32,37-39,56,58-62,69,88,91-93H,11-12,19-20,22-29,33-36H2,1-10H3,(H,76,94)(H,77,89)(H,78,96)(H,80,95)(H,81,90)(H,98,99)/t38-,39-,56-,58-,59-,60+,61-,62?,69+,73-/m0/s1. The maximum absolute atomic E-state index is 14.3. The molecule has 109 heavy (non-hydrogen) atoms. The molecule has 0 saturated carbocycles. The Morgan fingerprint density at radius 2 is 1.50 bits per heavy atom. The number of aromatic nitrogens is 4. The number of esters is 1. The zero-order valence-electron chi connectivity index (χ0n) is 62.0. The van der Waals surface area contributed by atoms with Crippen LogP contribution < -0.4 is 36.9 Å². The van der Waals surface area contributed by atoms with Crippen molar-refractivity contribution in [3.63, 3.8) is 0 Å². The Hall–Kier alpha value is -9.67. The predicted molar refractivity (Wildman–Crippen MR) is 397 cm³/mol. The van der Waals surface area contributed by atoms with Crippen LogP contribution >= 0.6 is 22.6 Å². The van der Waals surface area contributed by atoms with Crippen LogP contribution in [0.2, 0.25) is 0 Å². The fourth-order valence-electron chi connectivity index (χ4n) is 13.3. The number of carboxylic acid groups (broad SMARTS) is 1. The van der Waals surface area contributed by atoms with E-state index in [1.807, 2.05) is 33.2 Å². The number of carbonyl (C=O) groups is 9. The minimum atomic E-state index is -2.09. The summed E-state index contributed by atoms with van der Waals surface area (Å²) >= 11 is 2.40. The van der Waals surface area contributed by atoms with Crippen LogP contribution in [-0.2, 0) is 107 Å². The Balaban J connectivity index is 0.674. The van der Waals surface area contributed by atoms with Gasteiger partial charge in [0.15, 0.2) is 6.10 Å². The molecule has 4 aliphatic rings. The highest BCUT2D eigenvalue weighted by molar-refractivity contribution is 14.1. The van der Waals surface area contributed by atoms with Crippen molar-refractivity contribution < 1.29 is 102 Å². The fourth-order valence-corrected chi connectivity index (χ4v) is 14.4. The predicted octanol–water partition coefficient (Wildman–Crippen LogP) is 2.76. The first-order valence-corrected chi connectivity index (χ1v) is 36.9. The fraction of sp³-hybridized carbons (Fsp3) is 0.507. The number of aliphatic hydroxyl groups is 3. The summed E-state index contributed by atoms with van der Waals surface area (Å²) in [5, 5.41) is 71.4. The lowest BCUT2D eigenvalue weighted by molar-refractivity contribution is -0.271. The van der Waals surface area contributed by atoms with Gasteiger partial charge in [-0.25, -0.2) is 39.2 Å². The summed E-state index contributed by atoms with van der Waals surface area (Å²) in [5.74, 6) is -6.15. The second-order valence-electron chi connectivity index (χ2n) is 27.4. The molecule has 4 aliphatic heterocycles. The summed E-state index contributed by atoms with van der Waals surface area (Å²) in [4.78, 5) is 146. The average molecular weight is 1630 g/mol. The van der Waals surface area contributed by atoms with Crippen LogP contribution in [0.25, 0.3) is 33.3 Å². The number of likely N-dealkylation sites (N-methyl/N-ethyl adjacent to an activating group) is 2. The number of nitrogens with zero attached hydrogens (tertiary/aromatic N) is 8. The molecule has 36 heteroatoms. The summed E-state index contributed by atoms with van der Waals surface area (Å²) in [6.07, 6.45) is -10.0. The molecule has 4 aromatic heterocycles. The van der Waals surface area contributed by atoms with Crippen LogP contribution in [0.15, 0.2) is 65.6 Å². The van der Waals surface area contributed by atoms with E-state index in [1.165, 1.54) is 55.4 Å². The molecule has 7 amide bonds. The molecule has 0 aliphatic carbocycles. The van der Waals surface area contributed by atoms with Crippen molar-refractivity contribution in [2.75, 3.05) is 79.6 Å². The third kappa shape index (κ3) is 18.0. The Morgan fingerprint density at radius 1 is 0.789 bits per heavy atom. The van der Waals surface area contributed by atoms with Gasteiger partial charge in [0.1, 0.15) is 70.8 Å². The van der Waals surface area contributed by atoms with Crippen molar-refractivity contribution >= 4 is 104 Å². The highest BCUT2D eigenvalue weighted by atomic mass is 127. The smallest absolute Gasteiger partial charge is 0.411 e. The van der Waals surface area contributed by atoms with Gasteiger partial charge >= 0.3 is 24.1 Å². The number of aryl methyl sites for hydroxylation is 2. The number of alkyl halides is 1. The maximum Gasteiger partial charge on any atom is 0.411 e. The zero-order valence-corrected chi connectivity index (χ0v) is 64.2. The van der Waals surface area contributed by atoms with Crippen LogP contribution in [-0.4, -0.2) is 241 Å². The molecule has 10 rings (SSSR count). The second kappa shape index (κ2) is 35.3. The first-order valence-electron chi connectivity index (χ1n) is 35.7. The van der Waals surface area contributed by atoms with Gasteiger partial charge in [-0.15, -0.1) is 0 Å². The molecule has 6 aromatic rings. The number of hydrazine groups is 1. The highest BCUT2D eigenvalue weighted by Crippen LogP contribution is 2.44. The molecule has 0 bridgehead atoms. The number of ether oxygens (including phenoxy) is 7. The summed E-state index contributed by atoms with van der Waals surface area (Å²) in [5.41, 5.74) is 4.00. The van der Waals surface area contributed by atoms with E-state index >= 15 is 0 Å². The topological polar surface area (TPSA) is 445 Å². The lowest BCUT2D eigenvalue weighted by Gasteiger charge is -2.38. The van der Waals surface area contributed by atoms with Gasteiger partial charge in [-0.3, -0.25) is 28.8 Å². The number of anilines is 1. The van der Waals surface area contributed by atoms with E-state index < -0.39 is 120 Å². The van der Waals surface area contributed by atoms with Gasteiger partial charge in [0.2, 0.25) is 41.4 Å². The SMILES string of the molecule is CCc1c2c(nc3ccc(O)cc13)-c1cc3c(c(=O)n1C2)COC(=O)[C@@]3(CC)OC(=O)N(C)CCN(C)C(=O)OCc1ccc(NC(=O)[C@H](C)NC(=O)[C@@H](NC(=O)CCOCCOCCNC(=O)[C@H](C)NC(=O)CCn2c3c(c4cccnc42)C(I)N(C)N(C)C3)C(C)C)c(O[C@@H]2O[C@H](C(=O)O)[C@@H](O)[C@H](O)[C@H]2O)c1. The van der Waals surface area contributed by atoms with Gasteiger partial charge in [-0.2, -0.15) is 0 Å². The minimum absolute atomic E-state index is 0.0433. The molecule has 1 fully saturated rings. The third-order valence-corrected chi connectivity index (χ3v) is 21.1. The van der Waals surface area contributed by atoms with Gasteiger partial charge in [0.25, 0.3) is 5.56 Å². The molecule has 1 unspecified atom stereocenters. The minimum Gasteiger partial charge on any atom is -0.508 e. The van der Waals surface area contributed by atoms with Gasteiger partial charge < -0.3 is 104 Å². The number of rotatable bonds is 31. The first-order chi connectivity index (χ1) is 51.9. The molecular formula is C73H92IN13O22. The monoisotopic (exact) mass is 1630 g/mol. The van der Waals surface area contributed by atoms with E-state index in [0.29, 0.717) is 36.4 Å². The van der Waals surface area contributed by atoms with Crippen LogP contribution in [0, 0.1) is 5.92 Å². The number of amides is 7. The van der Waals surface area contributed by atoms with Crippen molar-refractivity contribution in [3.8, 4) is 22.9 Å². The largest absolute Gasteiger partial charge is 0.508 e. The first kappa shape index (κ1) is 81.8. The molecule has 588 valence electrons. The Morgan fingerprint density at radius 3 is 2.20 bits per heavy atom. The van der Waals surface area contributed by atoms with Gasteiger partial charge in [-0.05, 0) is 92.3 Å². The summed E-state index contributed by atoms with van der Waals surface area (Å²) in [6, 6.07) is 11.1. The average Bonchev–Trinajstić information content (AvgIpc) is 1.68. The van der Waals surface area contributed by atoms with Crippen LogP contribution in [0.1, 0.15) is 104 Å². The molecule has 35 nitrogen and oxygen atoms in total. The Labute approximate surface area is 639 Å². The number of cyclic esters (lactones) is 1. The number of fused-ring (bicyclic) bond motifs is 8. The van der Waals surface area contributed by atoms with E-state index in [2.05, 4.69) is 68.7 Å². The lowest BCUT2D eigenvalue weighted by Crippen LogP contribution is -2.61. The number of hydrogen-bond acceptors (Lipinski definition) is 25. The maximum atomic E-state index is 14.3. The van der Waals surface area contributed by atoms with Crippen LogP contribution in [0.5, 0.6) is 11.5 Å². The van der Waals surface area contributed by atoms with Crippen molar-refractivity contribution in [1.29, 1.82) is 0 Å². The number of halogens is 1. The number of nitrogens with one attached hydrogen (secondary N) is 5. The van der Waals surface area contributed by atoms with Crippen molar-refractivity contribution in [2.24, 2.45) is 5.92 Å². The molecule has 10 N–H and O–H groups in total. The number of phenolic OH excluding ortho intramolecular Hbond substituents is 1. The van der Waals surface area contributed by atoms with Crippen LogP contribution in [0.3, 0.4) is 0 Å². The molecule has 2 aromatic carbocycles. The normalized spacial score (nSPS) is 20.3. The molecular weight excluding hydrogens is 1540 g/mol. The molecule has 0 spiro atoms. The zero-order chi connectivity index (χ0) is 79.0. The molecule has 1 saturated heterocycles. The number of aliphatic hydroxyl groups excluding tert-OH is 3. The van der Waals surface area contributed by atoms with E-state index in [1.54, 1.807) is 52.1 Å². The summed E-state index contributed by atoms with van der Waals surface area (Å²) < 4.78 is 43.2. The number of aliphatic carboxylic acids is 1. The number of hydrogen-bond donors (Lipinski definition) is 10. The van der Waals surface area contributed by atoms with Crippen molar-refractivity contribution in [3.05, 3.63) is 110 Å². The number of pyridine rings is 3. The Bertz CT molecular complexity index is 4520. The molecule has 8 heterocycles. The van der Waals surface area contributed by atoms with E-state index in [9.17, 15) is 73.5 Å². The number of aromatic hydroxyl groups is 1. The highest BCUT2D eigenvalue weighted by Gasteiger charge is 2.52. The van der Waals surface area contributed by atoms with Gasteiger partial charge in [0.05, 0.1) is 67.7 Å². The second-order valence-corrected chi connectivity index (χ2v) is 28.6. The summed E-state index contributed by atoms with van der Waals surface area (Å²) in [7, 11) is 6.78. The number of benzene rings is 2. The quantitative estimate of drug-likeness (QED) is 0.00746. The van der Waals surface area contributed by atoms with Crippen molar-refractivity contribution in [1.82, 2.24) is 60.2 Å². The van der Waals surface area contributed by atoms with E-state index in [4.69, 9.17) is 38.1 Å². The van der Waals surface area contributed by atoms with E-state index in [0.717, 1.165) is 43.0 Å². The molecule has 0 radical (unpaired) electrons. The van der Waals surface area contributed by atoms with Gasteiger partial charge in [0, 0.05) is 107 Å². The number of carboxylic acids is 1. The number of carbonyl (C=O) groups excluding carboxylic acids is 8.